The van der Waals surface area contributed by atoms with Gasteiger partial charge in [-0.05, 0) is 47.5 Å². The Bertz CT molecular complexity index is 1260. The predicted octanol–water partition coefficient (Wildman–Crippen LogP) is 5.38. The largest absolute Gasteiger partial charge is 0.306 e. The topological polar surface area (TPSA) is 35.6 Å². The highest BCUT2D eigenvalue weighted by Gasteiger charge is 2.04. The van der Waals surface area contributed by atoms with Gasteiger partial charge in [0.2, 0.25) is 0 Å². The van der Waals surface area contributed by atoms with Crippen molar-refractivity contribution in [2.75, 3.05) is 0 Å². The van der Waals surface area contributed by atoms with E-state index < -0.39 is 0 Å². The van der Waals surface area contributed by atoms with Gasteiger partial charge in [0.05, 0.1) is 17.4 Å². The Labute approximate surface area is 163 Å². The summed E-state index contributed by atoms with van der Waals surface area (Å²) in [5, 5.41) is 0. The van der Waals surface area contributed by atoms with Gasteiger partial charge in [-0.25, -0.2) is 9.97 Å². The number of aromatic nitrogens is 4. The lowest BCUT2D eigenvalue weighted by molar-refractivity contribution is 1.06. The first-order chi connectivity index (χ1) is 13.9. The Balaban J connectivity index is 1.45. The van der Waals surface area contributed by atoms with Crippen molar-refractivity contribution >= 4 is 23.2 Å². The smallest absolute Gasteiger partial charge is 0.100 e. The highest BCUT2D eigenvalue weighted by atomic mass is 15.0. The molecule has 0 aliphatic carbocycles. The molecule has 0 N–H and O–H groups in total. The number of imidazole rings is 2. The summed E-state index contributed by atoms with van der Waals surface area (Å²) < 4.78 is 4.12. The van der Waals surface area contributed by atoms with Crippen LogP contribution in [0.2, 0.25) is 0 Å². The SMILES string of the molecule is C(=C\c1cccc(-n2cnc3ccccc32)c1)/c1cccc(-n2ccnc2)c1. The van der Waals surface area contributed by atoms with Crippen LogP contribution in [-0.4, -0.2) is 19.1 Å². The lowest BCUT2D eigenvalue weighted by atomic mass is 10.1. The van der Waals surface area contributed by atoms with Crippen LogP contribution in [0.4, 0.5) is 0 Å². The van der Waals surface area contributed by atoms with E-state index in [-0.39, 0.29) is 0 Å². The van der Waals surface area contributed by atoms with Crippen LogP contribution in [0.5, 0.6) is 0 Å². The third-order valence-electron chi connectivity index (χ3n) is 4.74. The molecule has 2 heterocycles. The number of fused-ring (bicyclic) bond motifs is 1. The molecule has 0 atom stereocenters. The molecule has 0 unspecified atom stereocenters. The average Bonchev–Trinajstić information content (AvgIpc) is 3.43. The number of hydrogen-bond acceptors (Lipinski definition) is 2. The van der Waals surface area contributed by atoms with Crippen molar-refractivity contribution in [1.82, 2.24) is 19.1 Å². The van der Waals surface area contributed by atoms with E-state index in [2.05, 4.69) is 81.3 Å². The van der Waals surface area contributed by atoms with Gasteiger partial charge < -0.3 is 4.57 Å². The second-order valence-electron chi connectivity index (χ2n) is 6.60. The minimum absolute atomic E-state index is 1.000. The molecule has 0 aliphatic heterocycles. The first kappa shape index (κ1) is 16.3. The molecule has 0 saturated heterocycles. The average molecular weight is 362 g/mol. The molecule has 0 radical (unpaired) electrons. The van der Waals surface area contributed by atoms with Crippen LogP contribution >= 0.6 is 0 Å². The van der Waals surface area contributed by atoms with Gasteiger partial charge in [0.25, 0.3) is 0 Å². The highest BCUT2D eigenvalue weighted by Crippen LogP contribution is 2.20. The molecule has 134 valence electrons. The normalized spacial score (nSPS) is 11.4. The van der Waals surface area contributed by atoms with Crippen molar-refractivity contribution in [1.29, 1.82) is 0 Å². The van der Waals surface area contributed by atoms with Gasteiger partial charge in [0.1, 0.15) is 6.33 Å². The van der Waals surface area contributed by atoms with E-state index in [9.17, 15) is 0 Å². The van der Waals surface area contributed by atoms with E-state index in [0.29, 0.717) is 0 Å². The maximum absolute atomic E-state index is 4.49. The third-order valence-corrected chi connectivity index (χ3v) is 4.74. The summed E-state index contributed by atoms with van der Waals surface area (Å²) in [5.74, 6) is 0. The molecule has 0 fully saturated rings. The first-order valence-electron chi connectivity index (χ1n) is 9.16. The van der Waals surface area contributed by atoms with Crippen LogP contribution in [0.25, 0.3) is 34.6 Å². The van der Waals surface area contributed by atoms with Crippen LogP contribution in [0.1, 0.15) is 11.1 Å². The fourth-order valence-corrected chi connectivity index (χ4v) is 3.34. The van der Waals surface area contributed by atoms with Gasteiger partial charge in [-0.1, -0.05) is 48.6 Å². The third kappa shape index (κ3) is 3.12. The quantitative estimate of drug-likeness (QED) is 0.402. The Morgan fingerprint density at radius 1 is 0.714 bits per heavy atom. The summed E-state index contributed by atoms with van der Waals surface area (Å²) in [6.07, 6.45) is 11.7. The molecule has 28 heavy (non-hydrogen) atoms. The first-order valence-corrected chi connectivity index (χ1v) is 9.16. The Kier molecular flexibility index (Phi) is 4.07. The van der Waals surface area contributed by atoms with Crippen molar-refractivity contribution in [2.24, 2.45) is 0 Å². The number of rotatable bonds is 4. The molecular formula is C24H18N4. The van der Waals surface area contributed by atoms with Gasteiger partial charge in [0, 0.05) is 23.8 Å². The zero-order valence-electron chi connectivity index (χ0n) is 15.2. The van der Waals surface area contributed by atoms with E-state index in [1.54, 1.807) is 6.20 Å². The molecule has 5 aromatic rings. The van der Waals surface area contributed by atoms with Crippen LogP contribution in [-0.2, 0) is 0 Å². The molecule has 2 aromatic heterocycles. The number of benzene rings is 3. The molecule has 0 bridgehead atoms. The second-order valence-corrected chi connectivity index (χ2v) is 6.60. The molecule has 0 aliphatic rings. The molecule has 0 amide bonds. The Hall–Kier alpha value is -3.92. The van der Waals surface area contributed by atoms with Crippen LogP contribution in [0, 0.1) is 0 Å². The van der Waals surface area contributed by atoms with E-state index in [1.807, 2.05) is 41.6 Å². The summed E-state index contributed by atoms with van der Waals surface area (Å²) in [7, 11) is 0. The minimum atomic E-state index is 1.000. The van der Waals surface area contributed by atoms with Crippen molar-refractivity contribution in [3.05, 3.63) is 109 Å². The van der Waals surface area contributed by atoms with E-state index in [4.69, 9.17) is 0 Å². The van der Waals surface area contributed by atoms with Gasteiger partial charge in [-0.15, -0.1) is 0 Å². The number of hydrogen-bond donors (Lipinski definition) is 0. The van der Waals surface area contributed by atoms with Crippen LogP contribution in [0.15, 0.2) is 97.8 Å². The zero-order chi connectivity index (χ0) is 18.8. The molecule has 5 rings (SSSR count). The summed E-state index contributed by atoms with van der Waals surface area (Å²) in [6, 6.07) is 25.0. The van der Waals surface area contributed by atoms with E-state index >= 15 is 0 Å². The lowest BCUT2D eigenvalue weighted by Gasteiger charge is -2.06. The van der Waals surface area contributed by atoms with Crippen molar-refractivity contribution in [2.45, 2.75) is 0 Å². The minimum Gasteiger partial charge on any atom is -0.306 e. The van der Waals surface area contributed by atoms with Gasteiger partial charge in [-0.3, -0.25) is 4.57 Å². The zero-order valence-corrected chi connectivity index (χ0v) is 15.2. The van der Waals surface area contributed by atoms with Crippen molar-refractivity contribution < 1.29 is 0 Å². The molecule has 0 spiro atoms. The maximum Gasteiger partial charge on any atom is 0.100 e. The highest BCUT2D eigenvalue weighted by molar-refractivity contribution is 5.78. The van der Waals surface area contributed by atoms with E-state index in [1.165, 1.54) is 0 Å². The van der Waals surface area contributed by atoms with E-state index in [0.717, 1.165) is 33.5 Å². The lowest BCUT2D eigenvalue weighted by Crippen LogP contribution is -1.92. The second kappa shape index (κ2) is 7.00. The van der Waals surface area contributed by atoms with Crippen LogP contribution in [0.3, 0.4) is 0 Å². The number of nitrogens with zero attached hydrogens (tertiary/aromatic N) is 4. The molecule has 4 nitrogen and oxygen atoms in total. The molecular weight excluding hydrogens is 344 g/mol. The van der Waals surface area contributed by atoms with Gasteiger partial charge in [0.15, 0.2) is 0 Å². The fraction of sp³-hybridized carbons (Fsp3) is 0. The Morgan fingerprint density at radius 2 is 1.46 bits per heavy atom. The maximum atomic E-state index is 4.49. The Morgan fingerprint density at radius 3 is 2.25 bits per heavy atom. The monoisotopic (exact) mass is 362 g/mol. The van der Waals surface area contributed by atoms with Crippen molar-refractivity contribution in [3.63, 3.8) is 0 Å². The standard InChI is InChI=1S/C24H18N4/c1-2-10-24-23(9-1)26-18-28(24)22-8-4-6-20(16-22)12-11-19-5-3-7-21(15-19)27-14-13-25-17-27/h1-18H/b12-11+. The summed E-state index contributed by atoms with van der Waals surface area (Å²) in [4.78, 5) is 8.60. The summed E-state index contributed by atoms with van der Waals surface area (Å²) >= 11 is 0. The summed E-state index contributed by atoms with van der Waals surface area (Å²) in [5.41, 5.74) is 6.59. The van der Waals surface area contributed by atoms with Crippen molar-refractivity contribution in [3.8, 4) is 11.4 Å². The molecule has 0 saturated carbocycles. The molecule has 4 heteroatoms. The fourth-order valence-electron chi connectivity index (χ4n) is 3.34. The predicted molar refractivity (Wildman–Crippen MR) is 114 cm³/mol. The van der Waals surface area contributed by atoms with Gasteiger partial charge in [-0.2, -0.15) is 0 Å². The van der Waals surface area contributed by atoms with Crippen LogP contribution < -0.4 is 0 Å². The number of para-hydroxylation sites is 2. The summed E-state index contributed by atoms with van der Waals surface area (Å²) in [6.45, 7) is 0. The van der Waals surface area contributed by atoms with Gasteiger partial charge >= 0.3 is 0 Å². The molecule has 3 aromatic carbocycles.